The molecule has 6 heteroatoms. The minimum atomic E-state index is -0.243. The smallest absolute Gasteiger partial charge is 0.348 e. The van der Waals surface area contributed by atoms with Crippen LogP contribution in [0.25, 0.3) is 0 Å². The van der Waals surface area contributed by atoms with Gasteiger partial charge in [0.2, 0.25) is 0 Å². The first-order valence-corrected chi connectivity index (χ1v) is 9.07. The Morgan fingerprint density at radius 2 is 2.05 bits per heavy atom. The third kappa shape index (κ3) is 3.29. The van der Waals surface area contributed by atoms with Crippen LogP contribution >= 0.6 is 27.7 Å². The van der Waals surface area contributed by atoms with E-state index in [2.05, 4.69) is 33.0 Å². The number of aliphatic hydroxyl groups excluding tert-OH is 1. The van der Waals surface area contributed by atoms with E-state index in [4.69, 9.17) is 5.11 Å². The molecular weight excluding hydrogens is 364 g/mol. The van der Waals surface area contributed by atoms with Crippen LogP contribution in [0.5, 0.6) is 0 Å². The molecule has 0 saturated carbocycles. The van der Waals surface area contributed by atoms with E-state index in [0.717, 1.165) is 40.2 Å². The third-order valence-corrected chi connectivity index (χ3v) is 5.43. The van der Waals surface area contributed by atoms with Crippen molar-refractivity contribution in [3.8, 4) is 0 Å². The summed E-state index contributed by atoms with van der Waals surface area (Å²) in [4.78, 5) is 16.4. The molecule has 1 N–H and O–H groups in total. The van der Waals surface area contributed by atoms with Crippen LogP contribution in [0.15, 0.2) is 38.6 Å². The molecule has 1 aliphatic carbocycles. The van der Waals surface area contributed by atoms with Gasteiger partial charge < -0.3 is 5.11 Å². The number of halogens is 1. The molecule has 116 valence electrons. The van der Waals surface area contributed by atoms with Gasteiger partial charge in [-0.3, -0.25) is 4.57 Å². The molecule has 2 aromatic rings. The van der Waals surface area contributed by atoms with E-state index in [-0.39, 0.29) is 12.3 Å². The summed E-state index contributed by atoms with van der Waals surface area (Å²) >= 11 is 5.05. The molecule has 0 radical (unpaired) electrons. The Balaban J connectivity index is 1.85. The standard InChI is InChI=1S/C16H17BrN2O2S/c17-12-6-4-11(5-7-12)10-22-15-13-2-1-3-14(13)19(8-9-20)16(21)18-15/h4-7,20H,1-3,8-10H2. The van der Waals surface area contributed by atoms with Crippen molar-refractivity contribution in [1.82, 2.24) is 9.55 Å². The van der Waals surface area contributed by atoms with Crippen molar-refractivity contribution in [3.63, 3.8) is 0 Å². The number of hydrogen-bond acceptors (Lipinski definition) is 4. The predicted octanol–water partition coefficient (Wildman–Crippen LogP) is 2.78. The lowest BCUT2D eigenvalue weighted by Gasteiger charge is -2.13. The average Bonchev–Trinajstić information content (AvgIpc) is 2.99. The van der Waals surface area contributed by atoms with Crippen molar-refractivity contribution in [1.29, 1.82) is 0 Å². The quantitative estimate of drug-likeness (QED) is 0.639. The maximum Gasteiger partial charge on any atom is 0.348 e. The van der Waals surface area contributed by atoms with Crippen LogP contribution in [0.2, 0.25) is 0 Å². The van der Waals surface area contributed by atoms with Crippen molar-refractivity contribution in [2.24, 2.45) is 0 Å². The summed E-state index contributed by atoms with van der Waals surface area (Å²) in [6, 6.07) is 8.19. The zero-order chi connectivity index (χ0) is 15.5. The first-order chi connectivity index (χ1) is 10.7. The highest BCUT2D eigenvalue weighted by Gasteiger charge is 2.21. The summed E-state index contributed by atoms with van der Waals surface area (Å²) in [5.41, 5.74) is 3.22. The van der Waals surface area contributed by atoms with Gasteiger partial charge in [-0.25, -0.2) is 4.79 Å². The molecule has 1 aromatic heterocycles. The van der Waals surface area contributed by atoms with Crippen molar-refractivity contribution >= 4 is 27.7 Å². The topological polar surface area (TPSA) is 55.1 Å². The summed E-state index contributed by atoms with van der Waals surface area (Å²) in [5, 5.41) is 9.98. The molecule has 0 bridgehead atoms. The van der Waals surface area contributed by atoms with Crippen LogP contribution in [-0.4, -0.2) is 21.3 Å². The van der Waals surface area contributed by atoms with E-state index >= 15 is 0 Å². The summed E-state index contributed by atoms with van der Waals surface area (Å²) in [7, 11) is 0. The molecule has 3 rings (SSSR count). The molecule has 4 nitrogen and oxygen atoms in total. The monoisotopic (exact) mass is 380 g/mol. The number of aliphatic hydroxyl groups is 1. The molecule has 0 amide bonds. The minimum Gasteiger partial charge on any atom is -0.395 e. The normalized spacial score (nSPS) is 13.4. The van der Waals surface area contributed by atoms with Gasteiger partial charge in [0.25, 0.3) is 0 Å². The first kappa shape index (κ1) is 15.8. The number of benzene rings is 1. The minimum absolute atomic E-state index is 0.0284. The average molecular weight is 381 g/mol. The molecule has 0 aliphatic heterocycles. The van der Waals surface area contributed by atoms with Crippen LogP contribution < -0.4 is 5.69 Å². The highest BCUT2D eigenvalue weighted by molar-refractivity contribution is 9.10. The van der Waals surface area contributed by atoms with Crippen molar-refractivity contribution in [2.45, 2.75) is 36.6 Å². The van der Waals surface area contributed by atoms with Gasteiger partial charge in [0.05, 0.1) is 13.2 Å². The van der Waals surface area contributed by atoms with Gasteiger partial charge in [-0.15, -0.1) is 11.8 Å². The molecule has 1 heterocycles. The van der Waals surface area contributed by atoms with Gasteiger partial charge in [-0.05, 0) is 37.0 Å². The fourth-order valence-electron chi connectivity index (χ4n) is 2.77. The van der Waals surface area contributed by atoms with Crippen molar-refractivity contribution < 1.29 is 5.11 Å². The number of nitrogens with zero attached hydrogens (tertiary/aromatic N) is 2. The second-order valence-electron chi connectivity index (χ2n) is 5.27. The highest BCUT2D eigenvalue weighted by atomic mass is 79.9. The Kier molecular flexibility index (Phi) is 5.00. The number of hydrogen-bond donors (Lipinski definition) is 1. The Hall–Kier alpha value is -1.11. The first-order valence-electron chi connectivity index (χ1n) is 7.29. The Morgan fingerprint density at radius 3 is 2.77 bits per heavy atom. The summed E-state index contributed by atoms with van der Waals surface area (Å²) < 4.78 is 2.69. The molecule has 0 unspecified atom stereocenters. The second kappa shape index (κ2) is 6.98. The zero-order valence-electron chi connectivity index (χ0n) is 12.1. The van der Waals surface area contributed by atoms with Gasteiger partial charge in [0.1, 0.15) is 5.03 Å². The fraction of sp³-hybridized carbons (Fsp3) is 0.375. The SMILES string of the molecule is O=c1nc(SCc2ccc(Br)cc2)c2c(n1CCO)CCC2. The van der Waals surface area contributed by atoms with Crippen molar-refractivity contribution in [2.75, 3.05) is 6.61 Å². The van der Waals surface area contributed by atoms with E-state index in [0.29, 0.717) is 6.54 Å². The van der Waals surface area contributed by atoms with Crippen molar-refractivity contribution in [3.05, 3.63) is 56.0 Å². The molecule has 1 aliphatic rings. The second-order valence-corrected chi connectivity index (χ2v) is 7.15. The lowest BCUT2D eigenvalue weighted by atomic mass is 10.2. The Bertz CT molecular complexity index is 728. The molecule has 22 heavy (non-hydrogen) atoms. The lowest BCUT2D eigenvalue weighted by molar-refractivity contribution is 0.271. The number of aromatic nitrogens is 2. The van der Waals surface area contributed by atoms with Crippen LogP contribution in [0.4, 0.5) is 0 Å². The van der Waals surface area contributed by atoms with Crippen LogP contribution in [0, 0.1) is 0 Å². The molecule has 0 spiro atoms. The molecule has 1 aromatic carbocycles. The zero-order valence-corrected chi connectivity index (χ0v) is 14.5. The summed E-state index contributed by atoms with van der Waals surface area (Å²) in [5.74, 6) is 0.802. The molecule has 0 fully saturated rings. The Labute approximate surface area is 141 Å². The van der Waals surface area contributed by atoms with Gasteiger partial charge in [-0.1, -0.05) is 28.1 Å². The van der Waals surface area contributed by atoms with Gasteiger partial charge in [0.15, 0.2) is 0 Å². The number of fused-ring (bicyclic) bond motifs is 1. The summed E-state index contributed by atoms with van der Waals surface area (Å²) in [6.07, 6.45) is 2.92. The van der Waals surface area contributed by atoms with E-state index in [1.165, 1.54) is 11.1 Å². The van der Waals surface area contributed by atoms with Gasteiger partial charge in [-0.2, -0.15) is 4.98 Å². The molecular formula is C16H17BrN2O2S. The van der Waals surface area contributed by atoms with Crippen LogP contribution in [0.1, 0.15) is 23.2 Å². The molecule has 0 atom stereocenters. The lowest BCUT2D eigenvalue weighted by Crippen LogP contribution is -2.28. The number of rotatable bonds is 5. The maximum absolute atomic E-state index is 12.2. The Morgan fingerprint density at radius 1 is 1.27 bits per heavy atom. The maximum atomic E-state index is 12.2. The largest absolute Gasteiger partial charge is 0.395 e. The van der Waals surface area contributed by atoms with Gasteiger partial charge in [0, 0.05) is 21.5 Å². The highest BCUT2D eigenvalue weighted by Crippen LogP contribution is 2.31. The third-order valence-electron chi connectivity index (χ3n) is 3.81. The van der Waals surface area contributed by atoms with E-state index in [1.807, 2.05) is 12.1 Å². The van der Waals surface area contributed by atoms with Crippen LogP contribution in [-0.2, 0) is 25.1 Å². The van der Waals surface area contributed by atoms with E-state index in [1.54, 1.807) is 16.3 Å². The fourth-order valence-corrected chi connectivity index (χ4v) is 4.07. The van der Waals surface area contributed by atoms with E-state index < -0.39 is 0 Å². The molecule has 0 saturated heterocycles. The number of thioether (sulfide) groups is 1. The van der Waals surface area contributed by atoms with E-state index in [9.17, 15) is 4.79 Å². The van der Waals surface area contributed by atoms with Crippen LogP contribution in [0.3, 0.4) is 0 Å². The summed E-state index contributed by atoms with van der Waals surface area (Å²) in [6.45, 7) is 0.311. The van der Waals surface area contributed by atoms with Gasteiger partial charge >= 0.3 is 5.69 Å². The predicted molar refractivity (Wildman–Crippen MR) is 91.3 cm³/mol.